The third-order valence-electron chi connectivity index (χ3n) is 3.81. The van der Waals surface area contributed by atoms with Gasteiger partial charge in [-0.15, -0.1) is 0 Å². The average Bonchev–Trinajstić information content (AvgIpc) is 3.08. The van der Waals surface area contributed by atoms with Gasteiger partial charge in [0.1, 0.15) is 0 Å². The maximum Gasteiger partial charge on any atom is 0.242 e. The Kier molecular flexibility index (Phi) is 6.16. The van der Waals surface area contributed by atoms with Gasteiger partial charge >= 0.3 is 0 Å². The van der Waals surface area contributed by atoms with Gasteiger partial charge in [0.05, 0.1) is 4.90 Å². The molecule has 1 aromatic rings. The fourth-order valence-corrected chi connectivity index (χ4v) is 4.72. The number of aromatic amines is 1. The maximum absolute atomic E-state index is 12.4. The van der Waals surface area contributed by atoms with E-state index in [4.69, 9.17) is 0 Å². The topological polar surface area (TPSA) is 74.0 Å². The Labute approximate surface area is 131 Å². The van der Waals surface area contributed by atoms with E-state index in [1.165, 1.54) is 0 Å². The molecule has 1 aromatic heterocycles. The van der Waals surface area contributed by atoms with Crippen LogP contribution in [-0.2, 0) is 16.6 Å². The normalized spacial score (nSPS) is 22.8. The first kappa shape index (κ1) is 16.9. The summed E-state index contributed by atoms with van der Waals surface area (Å²) >= 11 is 1.82. The number of aromatic nitrogens is 1. The lowest BCUT2D eigenvalue weighted by Gasteiger charge is -2.12. The number of H-pyrrole nitrogens is 1. The van der Waals surface area contributed by atoms with E-state index >= 15 is 0 Å². The summed E-state index contributed by atoms with van der Waals surface area (Å²) in [5.41, 5.74) is 0.900. The van der Waals surface area contributed by atoms with Crippen molar-refractivity contribution in [2.24, 2.45) is 0 Å². The van der Waals surface area contributed by atoms with Crippen molar-refractivity contribution >= 4 is 21.8 Å². The van der Waals surface area contributed by atoms with Gasteiger partial charge in [0, 0.05) is 29.7 Å². The zero-order valence-corrected chi connectivity index (χ0v) is 14.3. The molecule has 21 heavy (non-hydrogen) atoms. The second kappa shape index (κ2) is 7.67. The Morgan fingerprint density at radius 2 is 2.24 bits per heavy atom. The van der Waals surface area contributed by atoms with Crippen molar-refractivity contribution < 1.29 is 8.42 Å². The molecule has 0 spiro atoms. The second-order valence-corrected chi connectivity index (χ2v) is 8.38. The lowest BCUT2D eigenvalue weighted by Crippen LogP contribution is -2.32. The van der Waals surface area contributed by atoms with E-state index in [9.17, 15) is 8.42 Å². The van der Waals surface area contributed by atoms with Crippen LogP contribution in [0, 0.1) is 0 Å². The van der Waals surface area contributed by atoms with E-state index < -0.39 is 10.0 Å². The molecule has 0 radical (unpaired) electrons. The predicted octanol–water partition coefficient (Wildman–Crippen LogP) is 2.08. The van der Waals surface area contributed by atoms with Gasteiger partial charge in [0.2, 0.25) is 10.0 Å². The summed E-state index contributed by atoms with van der Waals surface area (Å²) in [5.74, 6) is 0. The minimum atomic E-state index is -3.40. The summed E-state index contributed by atoms with van der Waals surface area (Å²) in [4.78, 5) is 3.37. The summed E-state index contributed by atoms with van der Waals surface area (Å²) in [7, 11) is -3.40. The molecule has 2 rings (SSSR count). The molecule has 1 aliphatic carbocycles. The van der Waals surface area contributed by atoms with Gasteiger partial charge in [0.25, 0.3) is 0 Å². The van der Waals surface area contributed by atoms with Crippen molar-refractivity contribution in [2.45, 2.75) is 55.3 Å². The monoisotopic (exact) mass is 331 g/mol. The molecule has 0 amide bonds. The van der Waals surface area contributed by atoms with Crippen LogP contribution in [0.25, 0.3) is 0 Å². The number of hydrogen-bond acceptors (Lipinski definition) is 4. The van der Waals surface area contributed by atoms with Crippen molar-refractivity contribution in [1.29, 1.82) is 0 Å². The molecule has 1 fully saturated rings. The summed E-state index contributed by atoms with van der Waals surface area (Å²) < 4.78 is 27.6. The number of nitrogens with one attached hydrogen (secondary N) is 3. The van der Waals surface area contributed by atoms with Crippen molar-refractivity contribution in [1.82, 2.24) is 15.0 Å². The molecule has 2 unspecified atom stereocenters. The molecular weight excluding hydrogens is 306 g/mol. The van der Waals surface area contributed by atoms with E-state index in [0.29, 0.717) is 16.7 Å². The van der Waals surface area contributed by atoms with Crippen LogP contribution in [0.1, 0.15) is 38.3 Å². The molecule has 1 heterocycles. The number of rotatable bonds is 8. The van der Waals surface area contributed by atoms with Gasteiger partial charge < -0.3 is 10.3 Å². The number of sulfonamides is 1. The van der Waals surface area contributed by atoms with Crippen LogP contribution in [0.15, 0.2) is 17.2 Å². The molecule has 1 saturated carbocycles. The van der Waals surface area contributed by atoms with Crippen molar-refractivity contribution in [3.63, 3.8) is 0 Å². The Balaban J connectivity index is 1.93. The molecule has 120 valence electrons. The number of thioether (sulfide) groups is 1. The van der Waals surface area contributed by atoms with Crippen LogP contribution in [0.4, 0.5) is 0 Å². The van der Waals surface area contributed by atoms with Crippen molar-refractivity contribution in [2.75, 3.05) is 12.8 Å². The lowest BCUT2D eigenvalue weighted by molar-refractivity contribution is 0.552. The first-order valence-electron chi connectivity index (χ1n) is 7.48. The SMILES string of the molecule is CCCNCc1cc(S(=O)(=O)NC2CCC(SC)C2)c[nH]1. The molecule has 3 N–H and O–H groups in total. The lowest BCUT2D eigenvalue weighted by atomic mass is 10.3. The highest BCUT2D eigenvalue weighted by atomic mass is 32.2. The largest absolute Gasteiger partial charge is 0.363 e. The Morgan fingerprint density at radius 3 is 2.90 bits per heavy atom. The molecule has 2 atom stereocenters. The van der Waals surface area contributed by atoms with Gasteiger partial charge in [-0.25, -0.2) is 13.1 Å². The summed E-state index contributed by atoms with van der Waals surface area (Å²) in [6, 6.07) is 1.79. The Hall–Kier alpha value is -0.500. The summed E-state index contributed by atoms with van der Waals surface area (Å²) in [6.45, 7) is 3.70. The molecule has 0 aliphatic heterocycles. The first-order valence-corrected chi connectivity index (χ1v) is 10.3. The highest BCUT2D eigenvalue weighted by Crippen LogP contribution is 2.29. The highest BCUT2D eigenvalue weighted by molar-refractivity contribution is 7.99. The molecule has 5 nitrogen and oxygen atoms in total. The number of hydrogen-bond donors (Lipinski definition) is 3. The van der Waals surface area contributed by atoms with E-state index in [-0.39, 0.29) is 6.04 Å². The predicted molar refractivity (Wildman–Crippen MR) is 88.1 cm³/mol. The zero-order chi connectivity index (χ0) is 15.3. The Morgan fingerprint density at radius 1 is 1.43 bits per heavy atom. The fraction of sp³-hybridized carbons (Fsp3) is 0.714. The second-order valence-electron chi connectivity index (χ2n) is 5.53. The molecule has 1 aliphatic rings. The van der Waals surface area contributed by atoms with E-state index in [2.05, 4.69) is 28.2 Å². The molecule has 0 aromatic carbocycles. The zero-order valence-electron chi connectivity index (χ0n) is 12.7. The Bertz CT molecular complexity index is 542. The standard InChI is InChI=1S/C14H25N3O2S2/c1-3-6-15-9-12-8-14(10-16-12)21(18,19)17-11-4-5-13(7-11)20-2/h8,10-11,13,15-17H,3-7,9H2,1-2H3. The quantitative estimate of drug-likeness (QED) is 0.638. The molecule has 0 saturated heterocycles. The van der Waals surface area contributed by atoms with Crippen molar-refractivity contribution in [3.8, 4) is 0 Å². The van der Waals surface area contributed by atoms with Gasteiger partial charge in [-0.1, -0.05) is 6.92 Å². The van der Waals surface area contributed by atoms with Gasteiger partial charge in [-0.3, -0.25) is 0 Å². The van der Waals surface area contributed by atoms with Crippen LogP contribution in [0.2, 0.25) is 0 Å². The third kappa shape index (κ3) is 4.74. The minimum Gasteiger partial charge on any atom is -0.363 e. The highest BCUT2D eigenvalue weighted by Gasteiger charge is 2.28. The molecular formula is C14H25N3O2S2. The average molecular weight is 332 g/mol. The van der Waals surface area contributed by atoms with Gasteiger partial charge in [-0.05, 0) is 44.6 Å². The van der Waals surface area contributed by atoms with Crippen LogP contribution < -0.4 is 10.0 Å². The summed E-state index contributed by atoms with van der Waals surface area (Å²) in [5, 5.41) is 3.83. The first-order chi connectivity index (χ1) is 10.0. The van der Waals surface area contributed by atoms with Crippen LogP contribution in [0.3, 0.4) is 0 Å². The van der Waals surface area contributed by atoms with Crippen LogP contribution in [-0.4, -0.2) is 37.5 Å². The molecule has 0 bridgehead atoms. The van der Waals surface area contributed by atoms with Crippen LogP contribution in [0.5, 0.6) is 0 Å². The smallest absolute Gasteiger partial charge is 0.242 e. The maximum atomic E-state index is 12.4. The van der Waals surface area contributed by atoms with Crippen LogP contribution >= 0.6 is 11.8 Å². The van der Waals surface area contributed by atoms with E-state index in [0.717, 1.165) is 37.9 Å². The summed E-state index contributed by atoms with van der Waals surface area (Å²) in [6.07, 6.45) is 7.67. The van der Waals surface area contributed by atoms with Gasteiger partial charge in [-0.2, -0.15) is 11.8 Å². The molecule has 7 heteroatoms. The minimum absolute atomic E-state index is 0.0732. The van der Waals surface area contributed by atoms with Crippen molar-refractivity contribution in [3.05, 3.63) is 18.0 Å². The fourth-order valence-electron chi connectivity index (χ4n) is 2.62. The van der Waals surface area contributed by atoms with Gasteiger partial charge in [0.15, 0.2) is 0 Å². The third-order valence-corrected chi connectivity index (χ3v) is 6.40. The van der Waals surface area contributed by atoms with E-state index in [1.54, 1.807) is 12.3 Å². The van der Waals surface area contributed by atoms with E-state index in [1.807, 2.05) is 11.8 Å².